The molecular formula is C19H12Cl4N4O5. The third-order valence-corrected chi connectivity index (χ3v) is 5.27. The number of carbonyl (C=O) groups is 2. The molecule has 2 aromatic carbocycles. The Balaban J connectivity index is 2.35. The van der Waals surface area contributed by atoms with E-state index >= 15 is 0 Å². The summed E-state index contributed by atoms with van der Waals surface area (Å²) in [4.78, 5) is 36.0. The van der Waals surface area contributed by atoms with Crippen LogP contribution in [0, 0.1) is 10.1 Å². The van der Waals surface area contributed by atoms with Gasteiger partial charge in [-0.2, -0.15) is 0 Å². The molecular weight excluding hydrogens is 506 g/mol. The number of non-ortho nitro benzene ring substituents is 1. The third kappa shape index (κ3) is 4.66. The van der Waals surface area contributed by atoms with Crippen LogP contribution in [0.4, 0.5) is 17.2 Å². The summed E-state index contributed by atoms with van der Waals surface area (Å²) in [6, 6.07) is 6.38. The minimum absolute atomic E-state index is 0.0196. The van der Waals surface area contributed by atoms with Gasteiger partial charge in [0.15, 0.2) is 0 Å². The van der Waals surface area contributed by atoms with E-state index in [2.05, 4.69) is 10.2 Å². The van der Waals surface area contributed by atoms with Gasteiger partial charge in [-0.25, -0.2) is 0 Å². The highest BCUT2D eigenvalue weighted by molar-refractivity contribution is 6.42. The Bertz CT molecular complexity index is 1240. The topological polar surface area (TPSA) is 118 Å². The van der Waals surface area contributed by atoms with Gasteiger partial charge in [0.05, 0.1) is 31.2 Å². The second-order valence-electron chi connectivity index (χ2n) is 6.34. The van der Waals surface area contributed by atoms with Crippen molar-refractivity contribution >= 4 is 75.5 Å². The van der Waals surface area contributed by atoms with E-state index in [1.165, 1.54) is 31.2 Å². The van der Waals surface area contributed by atoms with E-state index in [0.29, 0.717) is 0 Å². The van der Waals surface area contributed by atoms with E-state index in [1.807, 2.05) is 0 Å². The maximum Gasteiger partial charge on any atom is 0.309 e. The Kier molecular flexibility index (Phi) is 6.94. The van der Waals surface area contributed by atoms with Crippen LogP contribution in [0.15, 0.2) is 30.3 Å². The molecule has 166 valence electrons. The standard InChI is InChI=1S/C19H12Cl4N4O5/c1-8(28)26(15-7-11(27(30)31)3-4-12(15)21)18-17(19(25-24-18)32-9(2)29)16-13(22)5-10(20)6-14(16)23/h3-7H,1-2H3,(H,24,25). The van der Waals surface area contributed by atoms with Crippen LogP contribution in [-0.4, -0.2) is 27.0 Å². The molecule has 1 aromatic heterocycles. The fourth-order valence-corrected chi connectivity index (χ4v) is 4.14. The van der Waals surface area contributed by atoms with Gasteiger partial charge >= 0.3 is 5.97 Å². The number of esters is 1. The molecule has 0 fully saturated rings. The highest BCUT2D eigenvalue weighted by Gasteiger charge is 2.30. The maximum absolute atomic E-state index is 12.7. The number of nitro benzene ring substituents is 1. The van der Waals surface area contributed by atoms with Crippen LogP contribution in [-0.2, 0) is 9.59 Å². The third-order valence-electron chi connectivity index (χ3n) is 4.13. The lowest BCUT2D eigenvalue weighted by atomic mass is 10.1. The SMILES string of the molecule is CC(=O)Oc1n[nH]c(N(C(C)=O)c2cc([N+](=O)[O-])ccc2Cl)c1-c1c(Cl)cc(Cl)cc1Cl. The van der Waals surface area contributed by atoms with Gasteiger partial charge in [0, 0.05) is 36.6 Å². The first-order valence-corrected chi connectivity index (χ1v) is 10.2. The second kappa shape index (κ2) is 9.33. The molecule has 0 unspecified atom stereocenters. The Morgan fingerprint density at radius 2 is 1.66 bits per heavy atom. The second-order valence-corrected chi connectivity index (χ2v) is 8.00. The average molecular weight is 518 g/mol. The first-order valence-electron chi connectivity index (χ1n) is 8.67. The number of amides is 1. The zero-order valence-corrected chi connectivity index (χ0v) is 19.3. The van der Waals surface area contributed by atoms with Crippen molar-refractivity contribution in [3.05, 3.63) is 60.5 Å². The van der Waals surface area contributed by atoms with Gasteiger partial charge in [-0.3, -0.25) is 29.7 Å². The number of nitrogens with one attached hydrogen (secondary N) is 1. The fraction of sp³-hybridized carbons (Fsp3) is 0.105. The monoisotopic (exact) mass is 516 g/mol. The number of hydrogen-bond acceptors (Lipinski definition) is 6. The van der Waals surface area contributed by atoms with Crippen molar-refractivity contribution in [1.29, 1.82) is 0 Å². The van der Waals surface area contributed by atoms with Crippen molar-refractivity contribution in [2.24, 2.45) is 0 Å². The molecule has 0 spiro atoms. The van der Waals surface area contributed by atoms with E-state index in [9.17, 15) is 19.7 Å². The summed E-state index contributed by atoms with van der Waals surface area (Å²) in [6.45, 7) is 2.36. The number of nitro groups is 1. The molecule has 3 aromatic rings. The lowest BCUT2D eigenvalue weighted by Gasteiger charge is -2.22. The summed E-state index contributed by atoms with van der Waals surface area (Å²) < 4.78 is 5.17. The maximum atomic E-state index is 12.7. The van der Waals surface area contributed by atoms with Crippen molar-refractivity contribution in [1.82, 2.24) is 10.2 Å². The molecule has 1 heterocycles. The number of aromatic amines is 1. The van der Waals surface area contributed by atoms with Gasteiger partial charge in [0.2, 0.25) is 5.91 Å². The average Bonchev–Trinajstić information content (AvgIpc) is 3.04. The number of aromatic nitrogens is 2. The van der Waals surface area contributed by atoms with Crippen molar-refractivity contribution in [3.63, 3.8) is 0 Å². The van der Waals surface area contributed by atoms with Gasteiger partial charge < -0.3 is 4.74 Å². The van der Waals surface area contributed by atoms with Crippen LogP contribution >= 0.6 is 46.4 Å². The van der Waals surface area contributed by atoms with Gasteiger partial charge in [0.1, 0.15) is 5.82 Å². The molecule has 0 aliphatic rings. The van der Waals surface area contributed by atoms with Crippen LogP contribution in [0.25, 0.3) is 11.1 Å². The number of anilines is 2. The van der Waals surface area contributed by atoms with Crippen LogP contribution in [0.3, 0.4) is 0 Å². The number of halogens is 4. The molecule has 0 saturated carbocycles. The van der Waals surface area contributed by atoms with E-state index in [1.54, 1.807) is 0 Å². The number of rotatable bonds is 5. The molecule has 0 saturated heterocycles. The minimum Gasteiger partial charge on any atom is -0.405 e. The molecule has 1 N–H and O–H groups in total. The van der Waals surface area contributed by atoms with Crippen molar-refractivity contribution < 1.29 is 19.2 Å². The zero-order chi connectivity index (χ0) is 23.7. The van der Waals surface area contributed by atoms with Crippen LogP contribution in [0.1, 0.15) is 13.8 Å². The molecule has 0 bridgehead atoms. The number of ether oxygens (including phenoxy) is 1. The minimum atomic E-state index is -0.701. The molecule has 0 atom stereocenters. The van der Waals surface area contributed by atoms with E-state index in [-0.39, 0.29) is 54.3 Å². The molecule has 32 heavy (non-hydrogen) atoms. The Morgan fingerprint density at radius 1 is 1.03 bits per heavy atom. The van der Waals surface area contributed by atoms with Gasteiger partial charge in [0.25, 0.3) is 11.6 Å². The first kappa shape index (κ1) is 23.8. The van der Waals surface area contributed by atoms with E-state index < -0.39 is 16.8 Å². The summed E-state index contributed by atoms with van der Waals surface area (Å²) >= 11 is 25.0. The molecule has 0 aliphatic carbocycles. The summed E-state index contributed by atoms with van der Waals surface area (Å²) in [5, 5.41) is 18.3. The number of benzene rings is 2. The van der Waals surface area contributed by atoms with Crippen molar-refractivity contribution in [2.75, 3.05) is 4.90 Å². The molecule has 0 aliphatic heterocycles. The molecule has 9 nitrogen and oxygen atoms in total. The quantitative estimate of drug-likeness (QED) is 0.244. The Labute approximate surface area is 200 Å². The number of carbonyl (C=O) groups excluding carboxylic acids is 2. The number of nitrogens with zero attached hydrogens (tertiary/aromatic N) is 3. The summed E-state index contributed by atoms with van der Waals surface area (Å²) in [5.74, 6) is -1.56. The van der Waals surface area contributed by atoms with Gasteiger partial charge in [-0.05, 0) is 18.2 Å². The fourth-order valence-electron chi connectivity index (χ4n) is 2.93. The summed E-state index contributed by atoms with van der Waals surface area (Å²) in [6.07, 6.45) is 0. The largest absolute Gasteiger partial charge is 0.405 e. The number of hydrogen-bond donors (Lipinski definition) is 1. The molecule has 3 rings (SSSR count). The predicted molar refractivity (Wildman–Crippen MR) is 121 cm³/mol. The zero-order valence-electron chi connectivity index (χ0n) is 16.3. The highest BCUT2D eigenvalue weighted by Crippen LogP contribution is 2.47. The normalized spacial score (nSPS) is 10.7. The van der Waals surface area contributed by atoms with Crippen LogP contribution in [0.2, 0.25) is 20.1 Å². The highest BCUT2D eigenvalue weighted by atomic mass is 35.5. The lowest BCUT2D eigenvalue weighted by Crippen LogP contribution is -2.24. The van der Waals surface area contributed by atoms with E-state index in [0.717, 1.165) is 17.9 Å². The predicted octanol–water partition coefficient (Wildman–Crippen LogP) is 6.21. The molecule has 1 amide bonds. The Morgan fingerprint density at radius 3 is 2.19 bits per heavy atom. The van der Waals surface area contributed by atoms with Crippen LogP contribution < -0.4 is 9.64 Å². The number of H-pyrrole nitrogens is 1. The first-order chi connectivity index (χ1) is 15.0. The summed E-state index contributed by atoms with van der Waals surface area (Å²) in [7, 11) is 0. The van der Waals surface area contributed by atoms with E-state index in [4.69, 9.17) is 51.1 Å². The van der Waals surface area contributed by atoms with Crippen molar-refractivity contribution in [2.45, 2.75) is 13.8 Å². The van der Waals surface area contributed by atoms with Gasteiger partial charge in [-0.1, -0.05) is 46.4 Å². The lowest BCUT2D eigenvalue weighted by molar-refractivity contribution is -0.384. The summed E-state index contributed by atoms with van der Waals surface area (Å²) in [5.41, 5.74) is -0.122. The molecule has 13 heteroatoms. The Hall–Kier alpha value is -2.85. The smallest absolute Gasteiger partial charge is 0.309 e. The van der Waals surface area contributed by atoms with Gasteiger partial charge in [-0.15, -0.1) is 5.10 Å². The molecule has 0 radical (unpaired) electrons. The van der Waals surface area contributed by atoms with Crippen LogP contribution in [0.5, 0.6) is 5.88 Å². The van der Waals surface area contributed by atoms with Crippen molar-refractivity contribution in [3.8, 4) is 17.0 Å².